The first-order valence-corrected chi connectivity index (χ1v) is 13.9. The Hall–Kier alpha value is -4.58. The van der Waals surface area contributed by atoms with E-state index in [4.69, 9.17) is 9.47 Å². The number of carbonyl (C=O) groups excluding carboxylic acids is 2. The molecule has 0 fully saturated rings. The van der Waals surface area contributed by atoms with Gasteiger partial charge >= 0.3 is 5.69 Å². The Morgan fingerprint density at radius 3 is 2.71 bits per heavy atom. The third kappa shape index (κ3) is 5.89. The molecule has 1 aliphatic carbocycles. The third-order valence-electron chi connectivity index (χ3n) is 7.13. The normalized spacial score (nSPS) is 16.5. The van der Waals surface area contributed by atoms with Gasteiger partial charge in [-0.25, -0.2) is 9.37 Å². The third-order valence-corrected chi connectivity index (χ3v) is 7.60. The Bertz CT molecular complexity index is 1650. The molecule has 2 aromatic carbocycles. The van der Waals surface area contributed by atoms with E-state index in [9.17, 15) is 24.1 Å². The monoisotopic (exact) mass is 636 g/mol. The largest absolute Gasteiger partial charge is 0.496 e. The molecule has 2 aliphatic rings. The van der Waals surface area contributed by atoms with Crippen molar-refractivity contribution in [3.63, 3.8) is 0 Å². The number of benzene rings is 2. The summed E-state index contributed by atoms with van der Waals surface area (Å²) >= 11 is 3.33. The van der Waals surface area contributed by atoms with Crippen LogP contribution in [-0.2, 0) is 16.2 Å². The highest BCUT2D eigenvalue weighted by Gasteiger charge is 2.39. The number of Topliss-reactive ketones (excluding diaryl/α,β-unsaturated/α-hetero) is 1. The van der Waals surface area contributed by atoms with Crippen molar-refractivity contribution in [3.05, 3.63) is 109 Å². The van der Waals surface area contributed by atoms with Gasteiger partial charge in [-0.05, 0) is 71.6 Å². The fourth-order valence-corrected chi connectivity index (χ4v) is 5.49. The number of halogens is 2. The van der Waals surface area contributed by atoms with Gasteiger partial charge in [0.2, 0.25) is 0 Å². The average molecular weight is 637 g/mol. The van der Waals surface area contributed by atoms with Gasteiger partial charge in [0.1, 0.15) is 24.0 Å². The Labute approximate surface area is 248 Å². The fourth-order valence-electron chi connectivity index (χ4n) is 5.25. The maximum atomic E-state index is 13.9. The summed E-state index contributed by atoms with van der Waals surface area (Å²) in [5.74, 6) is -1.35. The lowest BCUT2D eigenvalue weighted by Crippen LogP contribution is -2.35. The van der Waals surface area contributed by atoms with Crippen LogP contribution in [0.1, 0.15) is 43.2 Å². The van der Waals surface area contributed by atoms with Gasteiger partial charge < -0.3 is 20.1 Å². The minimum absolute atomic E-state index is 0.0580. The Kier molecular flexibility index (Phi) is 8.34. The number of anilines is 1. The van der Waals surface area contributed by atoms with Crippen molar-refractivity contribution in [1.82, 2.24) is 10.3 Å². The van der Waals surface area contributed by atoms with E-state index in [0.717, 1.165) is 28.4 Å². The molecule has 0 spiro atoms. The average Bonchev–Trinajstić information content (AvgIpc) is 2.96. The molecule has 5 rings (SSSR count). The minimum Gasteiger partial charge on any atom is -0.496 e. The quantitative estimate of drug-likeness (QED) is 0.224. The molecule has 3 aromatic rings. The van der Waals surface area contributed by atoms with Gasteiger partial charge in [0.15, 0.2) is 11.5 Å². The molecule has 216 valence electrons. The van der Waals surface area contributed by atoms with Crippen LogP contribution in [-0.4, -0.2) is 28.7 Å². The van der Waals surface area contributed by atoms with E-state index in [2.05, 4.69) is 31.5 Å². The van der Waals surface area contributed by atoms with Crippen LogP contribution in [0.15, 0.2) is 81.7 Å². The number of rotatable bonds is 8. The van der Waals surface area contributed by atoms with Crippen LogP contribution < -0.4 is 20.1 Å². The molecule has 10 nitrogen and oxygen atoms in total. The maximum absolute atomic E-state index is 13.9. The molecule has 2 N–H and O–H groups in total. The summed E-state index contributed by atoms with van der Waals surface area (Å²) in [6.45, 7) is 1.59. The van der Waals surface area contributed by atoms with Gasteiger partial charge in [-0.15, -0.1) is 0 Å². The minimum atomic E-state index is -0.710. The number of dihydropyridines is 1. The van der Waals surface area contributed by atoms with E-state index in [0.29, 0.717) is 58.8 Å². The van der Waals surface area contributed by atoms with E-state index in [1.807, 2.05) is 0 Å². The lowest BCUT2D eigenvalue weighted by Gasteiger charge is -2.34. The number of ether oxygens (including phenoxy) is 2. The molecular weight excluding hydrogens is 611 g/mol. The van der Waals surface area contributed by atoms with Crippen molar-refractivity contribution in [2.45, 2.75) is 38.7 Å². The Morgan fingerprint density at radius 2 is 2.00 bits per heavy atom. The van der Waals surface area contributed by atoms with E-state index in [1.54, 1.807) is 43.5 Å². The lowest BCUT2D eigenvalue weighted by molar-refractivity contribution is -0.386. The highest BCUT2D eigenvalue weighted by molar-refractivity contribution is 9.10. The molecule has 1 aliphatic heterocycles. The smallest absolute Gasteiger partial charge is 0.311 e. The zero-order chi connectivity index (χ0) is 30.0. The SMILES string of the molecule is COc1ccc([C@@H]2C(C(=O)Nc3ccc(Br)cn3)=C(C)NC3=C2C(=O)CCC3)cc1COc1cc(F)ccc1[N+](=O)[O-]. The molecule has 1 atom stereocenters. The zero-order valence-electron chi connectivity index (χ0n) is 22.7. The molecule has 42 heavy (non-hydrogen) atoms. The number of methoxy groups -OCH3 is 1. The Balaban J connectivity index is 1.55. The van der Waals surface area contributed by atoms with Crippen molar-refractivity contribution >= 4 is 39.1 Å². The first-order chi connectivity index (χ1) is 20.2. The van der Waals surface area contributed by atoms with Crippen LogP contribution in [0.4, 0.5) is 15.9 Å². The lowest BCUT2D eigenvalue weighted by atomic mass is 9.74. The van der Waals surface area contributed by atoms with Gasteiger partial charge in [-0.1, -0.05) is 6.07 Å². The second-order valence-corrected chi connectivity index (χ2v) is 10.7. The van der Waals surface area contributed by atoms with Crippen molar-refractivity contribution < 1.29 is 28.4 Å². The number of hydrogen-bond acceptors (Lipinski definition) is 8. The van der Waals surface area contributed by atoms with Gasteiger partial charge in [-0.3, -0.25) is 19.7 Å². The van der Waals surface area contributed by atoms with Crippen LogP contribution in [0.5, 0.6) is 11.5 Å². The van der Waals surface area contributed by atoms with E-state index in [1.165, 1.54) is 7.11 Å². The number of hydrogen-bond donors (Lipinski definition) is 2. The summed E-state index contributed by atoms with van der Waals surface area (Å²) in [5, 5.41) is 17.6. The first kappa shape index (κ1) is 28.9. The number of carbonyl (C=O) groups is 2. The van der Waals surface area contributed by atoms with Crippen LogP contribution >= 0.6 is 15.9 Å². The number of nitrogens with zero attached hydrogens (tertiary/aromatic N) is 2. The molecule has 2 heterocycles. The number of pyridine rings is 1. The van der Waals surface area contributed by atoms with Crippen LogP contribution in [0.3, 0.4) is 0 Å². The van der Waals surface area contributed by atoms with Gasteiger partial charge in [0.05, 0.1) is 12.0 Å². The van der Waals surface area contributed by atoms with Gasteiger partial charge in [0.25, 0.3) is 5.91 Å². The Morgan fingerprint density at radius 1 is 1.19 bits per heavy atom. The number of aromatic nitrogens is 1. The summed E-state index contributed by atoms with van der Waals surface area (Å²) < 4.78 is 25.9. The van der Waals surface area contributed by atoms with Crippen LogP contribution in [0, 0.1) is 15.9 Å². The highest BCUT2D eigenvalue weighted by Crippen LogP contribution is 2.43. The number of allylic oxidation sites excluding steroid dienone is 3. The molecule has 0 radical (unpaired) electrons. The predicted molar refractivity (Wildman–Crippen MR) is 155 cm³/mol. The number of nitro benzene ring substituents is 1. The molecule has 0 saturated carbocycles. The number of nitro groups is 1. The predicted octanol–water partition coefficient (Wildman–Crippen LogP) is 6.09. The first-order valence-electron chi connectivity index (χ1n) is 13.1. The number of nitrogens with one attached hydrogen (secondary N) is 2. The van der Waals surface area contributed by atoms with E-state index < -0.39 is 22.6 Å². The van der Waals surface area contributed by atoms with E-state index >= 15 is 0 Å². The van der Waals surface area contributed by atoms with Gasteiger partial charge in [-0.2, -0.15) is 0 Å². The summed E-state index contributed by atoms with van der Waals surface area (Å²) in [5.41, 5.74) is 2.98. The molecular formula is C30H26BrFN4O6. The molecule has 1 aromatic heterocycles. The summed E-state index contributed by atoms with van der Waals surface area (Å²) in [7, 11) is 1.47. The number of ketones is 1. The van der Waals surface area contributed by atoms with Crippen LogP contribution in [0.25, 0.3) is 0 Å². The standard InChI is InChI=1S/C30H26BrFN4O6/c1-16-27(30(38)35-26-11-7-19(31)14-33-26)28(29-21(34-16)4-3-5-23(29)37)17-6-10-24(41-2)18(12-17)15-42-25-13-20(32)8-9-22(25)36(39)40/h6-14,28,34H,3-5,15H2,1-2H3,(H,33,35,38)/t28-/m1/s1. The topological polar surface area (TPSA) is 133 Å². The van der Waals surface area contributed by atoms with Crippen molar-refractivity contribution in [1.29, 1.82) is 0 Å². The van der Waals surface area contributed by atoms with Crippen LogP contribution in [0.2, 0.25) is 0 Å². The molecule has 1 amide bonds. The highest BCUT2D eigenvalue weighted by atomic mass is 79.9. The second kappa shape index (κ2) is 12.1. The van der Waals surface area contributed by atoms with E-state index in [-0.39, 0.29) is 23.8 Å². The molecule has 12 heteroatoms. The summed E-state index contributed by atoms with van der Waals surface area (Å²) in [6.07, 6.45) is 3.28. The number of amides is 1. The van der Waals surface area contributed by atoms with Crippen molar-refractivity contribution in [3.8, 4) is 11.5 Å². The second-order valence-electron chi connectivity index (χ2n) is 9.81. The fraction of sp³-hybridized carbons (Fsp3) is 0.233. The van der Waals surface area contributed by atoms with Gasteiger partial charge in [0, 0.05) is 63.2 Å². The summed E-state index contributed by atoms with van der Waals surface area (Å²) in [6, 6.07) is 11.6. The molecule has 0 unspecified atom stereocenters. The van der Waals surface area contributed by atoms with Crippen molar-refractivity contribution in [2.75, 3.05) is 12.4 Å². The summed E-state index contributed by atoms with van der Waals surface area (Å²) in [4.78, 5) is 42.1. The maximum Gasteiger partial charge on any atom is 0.311 e. The molecule has 0 bridgehead atoms. The zero-order valence-corrected chi connectivity index (χ0v) is 24.3. The van der Waals surface area contributed by atoms with Crippen molar-refractivity contribution in [2.24, 2.45) is 0 Å². The molecule has 0 saturated heterocycles.